The number of benzene rings is 2. The molecular formula is C28H34N4O2. The summed E-state index contributed by atoms with van der Waals surface area (Å²) >= 11 is 0. The van der Waals surface area contributed by atoms with Gasteiger partial charge in [-0.15, -0.1) is 0 Å². The van der Waals surface area contributed by atoms with Crippen molar-refractivity contribution in [3.05, 3.63) is 71.9 Å². The number of hydrogen-bond acceptors (Lipinski definition) is 3. The Hall–Kier alpha value is -3.12. The molecule has 6 heteroatoms. The number of rotatable bonds is 7. The van der Waals surface area contributed by atoms with Crippen LogP contribution in [0, 0.1) is 0 Å². The number of carbonyl (C=O) groups is 2. The fraction of sp³-hybridized carbons (Fsp3) is 0.429. The number of nitrogens with one attached hydrogen (secondary N) is 2. The molecule has 3 heterocycles. The molecule has 5 rings (SSSR count). The number of H-pyrrole nitrogens is 1. The van der Waals surface area contributed by atoms with Crippen LogP contribution in [0.4, 0.5) is 0 Å². The Balaban J connectivity index is 1.28. The van der Waals surface area contributed by atoms with E-state index in [-0.39, 0.29) is 11.8 Å². The summed E-state index contributed by atoms with van der Waals surface area (Å²) in [7, 11) is 0. The average Bonchev–Trinajstić information content (AvgIpc) is 3.28. The predicted molar refractivity (Wildman–Crippen MR) is 134 cm³/mol. The molecule has 2 aliphatic rings. The van der Waals surface area contributed by atoms with Gasteiger partial charge in [-0.1, -0.05) is 55.5 Å². The van der Waals surface area contributed by atoms with E-state index in [4.69, 9.17) is 0 Å². The van der Waals surface area contributed by atoms with Crippen molar-refractivity contribution >= 4 is 22.7 Å². The average molecular weight is 459 g/mol. The van der Waals surface area contributed by atoms with Gasteiger partial charge in [-0.25, -0.2) is 0 Å². The molecule has 34 heavy (non-hydrogen) atoms. The van der Waals surface area contributed by atoms with E-state index in [0.717, 1.165) is 48.9 Å². The van der Waals surface area contributed by atoms with E-state index in [1.165, 1.54) is 5.56 Å². The minimum absolute atomic E-state index is 0.0214. The molecule has 1 aromatic heterocycles. The molecule has 2 aromatic carbocycles. The summed E-state index contributed by atoms with van der Waals surface area (Å²) in [5.74, 6) is 0.0811. The van der Waals surface area contributed by atoms with Gasteiger partial charge in [-0.05, 0) is 42.9 Å². The Morgan fingerprint density at radius 1 is 0.971 bits per heavy atom. The van der Waals surface area contributed by atoms with Crippen LogP contribution in [0.15, 0.2) is 60.8 Å². The van der Waals surface area contributed by atoms with Crippen molar-refractivity contribution in [2.75, 3.05) is 26.2 Å². The summed E-state index contributed by atoms with van der Waals surface area (Å²) in [4.78, 5) is 34.9. The van der Waals surface area contributed by atoms with E-state index >= 15 is 0 Å². The maximum Gasteiger partial charge on any atom is 0.246 e. The van der Waals surface area contributed by atoms with Gasteiger partial charge in [-0.2, -0.15) is 0 Å². The highest BCUT2D eigenvalue weighted by Gasteiger charge is 2.53. The highest BCUT2D eigenvalue weighted by molar-refractivity contribution is 6.00. The molecule has 2 saturated heterocycles. The molecule has 3 aromatic rings. The predicted octanol–water partition coefficient (Wildman–Crippen LogP) is 3.52. The van der Waals surface area contributed by atoms with E-state index in [1.54, 1.807) is 0 Å². The Labute approximate surface area is 201 Å². The number of nitrogens with zero attached hydrogens (tertiary/aromatic N) is 2. The number of hydrogen-bond donors (Lipinski definition) is 2. The van der Waals surface area contributed by atoms with Gasteiger partial charge in [-0.3, -0.25) is 9.59 Å². The highest BCUT2D eigenvalue weighted by Crippen LogP contribution is 2.34. The molecule has 0 radical (unpaired) electrons. The summed E-state index contributed by atoms with van der Waals surface area (Å²) in [5, 5.41) is 4.24. The van der Waals surface area contributed by atoms with E-state index in [2.05, 4.69) is 52.5 Å². The van der Waals surface area contributed by atoms with Crippen molar-refractivity contribution < 1.29 is 9.59 Å². The third-order valence-electron chi connectivity index (χ3n) is 7.60. The third kappa shape index (κ3) is 4.23. The number of carbonyl (C=O) groups excluding carboxylic acids is 2. The topological polar surface area (TPSA) is 68.4 Å². The Bertz CT molecular complexity index is 1150. The van der Waals surface area contributed by atoms with Gasteiger partial charge in [0, 0.05) is 49.7 Å². The molecule has 1 atom stereocenters. The lowest BCUT2D eigenvalue weighted by Gasteiger charge is -2.51. The largest absolute Gasteiger partial charge is 0.361 e. The number of piperazine rings is 1. The van der Waals surface area contributed by atoms with Crippen LogP contribution in [0.3, 0.4) is 0 Å². The highest BCUT2D eigenvalue weighted by atomic mass is 16.2. The van der Waals surface area contributed by atoms with Gasteiger partial charge in [0.25, 0.3) is 0 Å². The van der Waals surface area contributed by atoms with E-state index in [9.17, 15) is 9.59 Å². The maximum atomic E-state index is 13.7. The fourth-order valence-electron chi connectivity index (χ4n) is 5.66. The molecule has 0 saturated carbocycles. The number of para-hydroxylation sites is 1. The molecule has 2 aliphatic heterocycles. The van der Waals surface area contributed by atoms with E-state index in [1.807, 2.05) is 35.4 Å². The first kappa shape index (κ1) is 22.7. The normalized spacial score (nSPS) is 20.7. The number of aromatic nitrogens is 1. The number of amides is 2. The van der Waals surface area contributed by atoms with Crippen molar-refractivity contribution in [2.24, 2.45) is 0 Å². The fourth-order valence-corrected chi connectivity index (χ4v) is 5.66. The van der Waals surface area contributed by atoms with Gasteiger partial charge in [0.15, 0.2) is 0 Å². The molecule has 6 nitrogen and oxygen atoms in total. The monoisotopic (exact) mass is 458 g/mol. The van der Waals surface area contributed by atoms with Gasteiger partial charge >= 0.3 is 0 Å². The minimum Gasteiger partial charge on any atom is -0.361 e. The van der Waals surface area contributed by atoms with Gasteiger partial charge in [0.2, 0.25) is 11.8 Å². The molecule has 2 N–H and O–H groups in total. The maximum absolute atomic E-state index is 13.7. The second kappa shape index (κ2) is 9.63. The van der Waals surface area contributed by atoms with E-state index in [0.29, 0.717) is 25.8 Å². The first-order valence-electron chi connectivity index (χ1n) is 12.5. The lowest BCUT2D eigenvalue weighted by molar-refractivity contribution is -0.161. The zero-order valence-electron chi connectivity index (χ0n) is 19.9. The van der Waals surface area contributed by atoms with Gasteiger partial charge < -0.3 is 20.1 Å². The van der Waals surface area contributed by atoms with Gasteiger partial charge in [0.1, 0.15) is 11.6 Å². The summed E-state index contributed by atoms with van der Waals surface area (Å²) in [6.45, 7) is 5.35. The SMILES string of the molecule is CCCN1C(=O)C(Cc2c[nH]c3ccccc23)NC(=O)C12CCN(CCc1ccccc1)CC2. The Morgan fingerprint density at radius 2 is 1.71 bits per heavy atom. The number of fused-ring (bicyclic) bond motifs is 1. The molecule has 2 fully saturated rings. The third-order valence-corrected chi connectivity index (χ3v) is 7.60. The molecule has 178 valence electrons. The summed E-state index contributed by atoms with van der Waals surface area (Å²) in [6, 6.07) is 18.1. The van der Waals surface area contributed by atoms with Crippen molar-refractivity contribution in [1.29, 1.82) is 0 Å². The summed E-state index contributed by atoms with van der Waals surface area (Å²) < 4.78 is 0. The summed E-state index contributed by atoms with van der Waals surface area (Å²) in [5.41, 5.74) is 2.74. The van der Waals surface area contributed by atoms with Crippen LogP contribution in [0.5, 0.6) is 0 Å². The minimum atomic E-state index is -0.715. The standard InChI is InChI=1S/C28H34N4O2/c1-2-15-32-26(33)25(19-22-20-29-24-11-7-6-10-23(22)24)30-27(34)28(32)13-17-31(18-14-28)16-12-21-8-4-3-5-9-21/h3-11,20,25,29H,2,12-19H2,1H3,(H,30,34). The van der Waals surface area contributed by atoms with Crippen LogP contribution in [-0.2, 0) is 22.4 Å². The van der Waals surface area contributed by atoms with Crippen molar-refractivity contribution in [3.8, 4) is 0 Å². The van der Waals surface area contributed by atoms with Crippen molar-refractivity contribution in [2.45, 2.75) is 50.6 Å². The zero-order chi connectivity index (χ0) is 23.5. The van der Waals surface area contributed by atoms with E-state index < -0.39 is 11.6 Å². The second-order valence-corrected chi connectivity index (χ2v) is 9.69. The molecule has 1 unspecified atom stereocenters. The smallest absolute Gasteiger partial charge is 0.246 e. The number of aromatic amines is 1. The van der Waals surface area contributed by atoms with Crippen molar-refractivity contribution in [3.63, 3.8) is 0 Å². The van der Waals surface area contributed by atoms with Crippen LogP contribution in [-0.4, -0.2) is 64.4 Å². The van der Waals surface area contributed by atoms with Gasteiger partial charge in [0.05, 0.1) is 0 Å². The van der Waals surface area contributed by atoms with Crippen LogP contribution in [0.1, 0.15) is 37.3 Å². The van der Waals surface area contributed by atoms with Crippen LogP contribution >= 0.6 is 0 Å². The molecule has 0 bridgehead atoms. The number of likely N-dealkylation sites (tertiary alicyclic amines) is 1. The van der Waals surface area contributed by atoms with Crippen LogP contribution < -0.4 is 5.32 Å². The molecular weight excluding hydrogens is 424 g/mol. The zero-order valence-corrected chi connectivity index (χ0v) is 19.9. The quantitative estimate of drug-likeness (QED) is 0.569. The Kier molecular flexibility index (Phi) is 6.42. The molecule has 1 spiro atoms. The Morgan fingerprint density at radius 3 is 2.47 bits per heavy atom. The van der Waals surface area contributed by atoms with Crippen LogP contribution in [0.2, 0.25) is 0 Å². The molecule has 2 amide bonds. The first-order valence-corrected chi connectivity index (χ1v) is 12.5. The first-order chi connectivity index (χ1) is 16.6. The lowest BCUT2D eigenvalue weighted by Crippen LogP contribution is -2.73. The summed E-state index contributed by atoms with van der Waals surface area (Å²) in [6.07, 6.45) is 5.71. The number of piperidine rings is 1. The van der Waals surface area contributed by atoms with Crippen molar-refractivity contribution in [1.82, 2.24) is 20.1 Å². The lowest BCUT2D eigenvalue weighted by atomic mass is 9.81. The molecule has 0 aliphatic carbocycles. The second-order valence-electron chi connectivity index (χ2n) is 9.69. The van der Waals surface area contributed by atoms with Crippen LogP contribution in [0.25, 0.3) is 10.9 Å².